The standard InChI is InChI=1S/C49H59N7O8S/c1-33-45(65-32-52-33)36-9-7-34(8-10-36)29-51-47(59)41-6-5-19-56(41)48(60)46(49(2,3)4)53-43(58)31-64-27-26-63-25-24-62-23-22-61-21-20-55-30-40(44(54-55)35-15-17-50-18-16-35)38-11-13-39-37(28-38)12-14-42(39)57/h7-11,13,15-18,28,30,32,41,46H,5-6,12,14,19-27,29,31H2,1-4H3,(H,51,59)(H,53,58)/t41-,46?/m0/s1. The Morgan fingerprint density at radius 1 is 0.846 bits per heavy atom. The van der Waals surface area contributed by atoms with Crippen LogP contribution in [0.4, 0.5) is 0 Å². The zero-order chi connectivity index (χ0) is 45.8. The fourth-order valence-corrected chi connectivity index (χ4v) is 8.87. The topological polar surface area (TPSA) is 176 Å². The number of carbonyl (C=O) groups is 4. The lowest BCUT2D eigenvalue weighted by atomic mass is 9.85. The van der Waals surface area contributed by atoms with Gasteiger partial charge in [-0.1, -0.05) is 63.2 Å². The van der Waals surface area contributed by atoms with Crippen LogP contribution in [0.1, 0.15) is 67.2 Å². The van der Waals surface area contributed by atoms with E-state index in [1.807, 2.05) is 92.6 Å². The number of ketones is 1. The lowest BCUT2D eigenvalue weighted by Gasteiger charge is -2.35. The van der Waals surface area contributed by atoms with Crippen LogP contribution in [0.2, 0.25) is 0 Å². The number of Topliss-reactive ketones (excluding diaryl/α,β-unsaturated/α-hetero) is 1. The number of hydrogen-bond acceptors (Lipinski definition) is 12. The molecule has 1 aliphatic carbocycles. The monoisotopic (exact) mass is 905 g/mol. The van der Waals surface area contributed by atoms with Crippen LogP contribution in [0.15, 0.2) is 78.7 Å². The highest BCUT2D eigenvalue weighted by Crippen LogP contribution is 2.34. The van der Waals surface area contributed by atoms with E-state index in [-0.39, 0.29) is 37.4 Å². The number of hydrogen-bond donors (Lipinski definition) is 2. The lowest BCUT2D eigenvalue weighted by molar-refractivity contribution is -0.144. The molecular formula is C49H59N7O8S. The minimum Gasteiger partial charge on any atom is -0.377 e. The van der Waals surface area contributed by atoms with Crippen LogP contribution in [0, 0.1) is 12.3 Å². The van der Waals surface area contributed by atoms with Gasteiger partial charge in [-0.2, -0.15) is 5.10 Å². The fraction of sp³-hybridized carbons (Fsp3) is 0.449. The highest BCUT2D eigenvalue weighted by molar-refractivity contribution is 7.13. The first kappa shape index (κ1) is 47.3. The summed E-state index contributed by atoms with van der Waals surface area (Å²) in [5, 5.41) is 10.7. The molecule has 4 heterocycles. The predicted octanol–water partition coefficient (Wildman–Crippen LogP) is 6.08. The van der Waals surface area contributed by atoms with Crippen molar-refractivity contribution in [3.8, 4) is 32.8 Å². The zero-order valence-corrected chi connectivity index (χ0v) is 38.5. The van der Waals surface area contributed by atoms with Gasteiger partial charge < -0.3 is 34.5 Å². The third-order valence-electron chi connectivity index (χ3n) is 11.6. The first-order chi connectivity index (χ1) is 31.5. The van der Waals surface area contributed by atoms with Gasteiger partial charge in [0.05, 0.1) is 68.9 Å². The van der Waals surface area contributed by atoms with E-state index in [9.17, 15) is 19.2 Å². The summed E-state index contributed by atoms with van der Waals surface area (Å²) in [7, 11) is 0. The first-order valence-corrected chi connectivity index (χ1v) is 23.2. The highest BCUT2D eigenvalue weighted by Gasteiger charge is 2.41. The van der Waals surface area contributed by atoms with E-state index in [4.69, 9.17) is 24.0 Å². The van der Waals surface area contributed by atoms with E-state index in [1.165, 1.54) is 0 Å². The van der Waals surface area contributed by atoms with Crippen molar-refractivity contribution in [1.82, 2.24) is 35.3 Å². The summed E-state index contributed by atoms with van der Waals surface area (Å²) in [5.74, 6) is -0.708. The molecule has 2 atom stereocenters. The van der Waals surface area contributed by atoms with Crippen LogP contribution in [0.5, 0.6) is 0 Å². The Morgan fingerprint density at radius 3 is 2.23 bits per heavy atom. The van der Waals surface area contributed by atoms with Crippen molar-refractivity contribution in [3.63, 3.8) is 0 Å². The third-order valence-corrected chi connectivity index (χ3v) is 12.5. The summed E-state index contributed by atoms with van der Waals surface area (Å²) in [6, 6.07) is 16.5. The Hall–Kier alpha value is -5.65. The molecule has 1 fully saturated rings. The number of likely N-dealkylation sites (tertiary alicyclic amines) is 1. The quantitative estimate of drug-likeness (QED) is 0.0771. The third kappa shape index (κ3) is 12.6. The van der Waals surface area contributed by atoms with Gasteiger partial charge in [-0.25, -0.2) is 4.98 Å². The molecule has 15 nitrogen and oxygen atoms in total. The van der Waals surface area contributed by atoms with Gasteiger partial charge in [0, 0.05) is 54.8 Å². The number of nitrogens with one attached hydrogen (secondary N) is 2. The molecule has 1 aliphatic heterocycles. The highest BCUT2D eigenvalue weighted by atomic mass is 32.1. The summed E-state index contributed by atoms with van der Waals surface area (Å²) in [6.07, 6.45) is 8.10. The van der Waals surface area contributed by atoms with E-state index in [0.29, 0.717) is 71.9 Å². The molecule has 0 radical (unpaired) electrons. The number of aryl methyl sites for hydroxylation is 2. The summed E-state index contributed by atoms with van der Waals surface area (Å²) in [4.78, 5) is 63.6. The van der Waals surface area contributed by atoms with Crippen molar-refractivity contribution in [2.24, 2.45) is 5.41 Å². The lowest BCUT2D eigenvalue weighted by Crippen LogP contribution is -2.58. The average molecular weight is 906 g/mol. The number of ether oxygens (including phenoxy) is 4. The molecule has 344 valence electrons. The number of carbonyl (C=O) groups excluding carboxylic acids is 4. The van der Waals surface area contributed by atoms with Crippen LogP contribution >= 0.6 is 11.3 Å². The molecule has 3 aromatic heterocycles. The maximum atomic E-state index is 13.9. The van der Waals surface area contributed by atoms with Gasteiger partial charge in [0.1, 0.15) is 24.4 Å². The molecule has 1 saturated heterocycles. The number of amides is 3. The molecule has 2 N–H and O–H groups in total. The summed E-state index contributed by atoms with van der Waals surface area (Å²) >= 11 is 1.60. The van der Waals surface area contributed by atoms with Crippen molar-refractivity contribution >= 4 is 34.8 Å². The molecular weight excluding hydrogens is 847 g/mol. The Kier molecular flexibility index (Phi) is 16.4. The molecule has 7 rings (SSSR count). The van der Waals surface area contributed by atoms with E-state index >= 15 is 0 Å². The minimum absolute atomic E-state index is 0.191. The minimum atomic E-state index is -0.842. The van der Waals surface area contributed by atoms with Crippen LogP contribution in [-0.4, -0.2) is 120 Å². The number of fused-ring (bicyclic) bond motifs is 1. The number of benzene rings is 2. The van der Waals surface area contributed by atoms with Gasteiger partial charge in [0.25, 0.3) is 0 Å². The van der Waals surface area contributed by atoms with Crippen molar-refractivity contribution in [2.45, 2.75) is 78.6 Å². The van der Waals surface area contributed by atoms with Gasteiger partial charge in [0.15, 0.2) is 5.78 Å². The second kappa shape index (κ2) is 22.5. The maximum Gasteiger partial charge on any atom is 0.246 e. The normalized spacial score (nSPS) is 15.3. The number of thiazole rings is 1. The molecule has 5 aromatic rings. The van der Waals surface area contributed by atoms with E-state index in [1.54, 1.807) is 28.6 Å². The fourth-order valence-electron chi connectivity index (χ4n) is 8.06. The van der Waals surface area contributed by atoms with Crippen molar-refractivity contribution < 1.29 is 38.1 Å². The second-order valence-corrected chi connectivity index (χ2v) is 18.2. The van der Waals surface area contributed by atoms with Gasteiger partial charge >= 0.3 is 0 Å². The van der Waals surface area contributed by atoms with Crippen molar-refractivity contribution in [2.75, 3.05) is 59.4 Å². The summed E-state index contributed by atoms with van der Waals surface area (Å²) in [5.41, 5.74) is 9.98. The molecule has 3 amide bonds. The smallest absolute Gasteiger partial charge is 0.246 e. The second-order valence-electron chi connectivity index (χ2n) is 17.3. The summed E-state index contributed by atoms with van der Waals surface area (Å²) < 4.78 is 24.5. The van der Waals surface area contributed by atoms with Gasteiger partial charge in [-0.05, 0) is 66.0 Å². The van der Waals surface area contributed by atoms with E-state index in [2.05, 4.69) is 26.7 Å². The molecule has 2 aromatic carbocycles. The molecule has 0 bridgehead atoms. The summed E-state index contributed by atoms with van der Waals surface area (Å²) in [6.45, 7) is 11.2. The van der Waals surface area contributed by atoms with Gasteiger partial charge in [-0.3, -0.25) is 28.8 Å². The van der Waals surface area contributed by atoms with E-state index < -0.39 is 23.4 Å². The SMILES string of the molecule is Cc1ncsc1-c1ccc(CNC(=O)[C@@H]2CCCN2C(=O)C(NC(=O)COCCOCCOCCOCCn2cc(-c3ccc4c(c3)CCC4=O)c(-c3ccncc3)n2)C(C)(C)C)cc1. The van der Waals surface area contributed by atoms with Gasteiger partial charge in [0.2, 0.25) is 17.7 Å². The Labute approximate surface area is 384 Å². The molecule has 1 unspecified atom stereocenters. The number of pyridine rings is 1. The van der Waals surface area contributed by atoms with Crippen LogP contribution in [0.3, 0.4) is 0 Å². The number of aromatic nitrogens is 4. The molecule has 65 heavy (non-hydrogen) atoms. The predicted molar refractivity (Wildman–Crippen MR) is 247 cm³/mol. The van der Waals surface area contributed by atoms with Crippen LogP contribution in [0.25, 0.3) is 32.8 Å². The Balaban J connectivity index is 0.754. The van der Waals surface area contributed by atoms with Crippen molar-refractivity contribution in [3.05, 3.63) is 101 Å². The Bertz CT molecular complexity index is 2390. The van der Waals surface area contributed by atoms with Crippen LogP contribution < -0.4 is 10.6 Å². The molecule has 0 spiro atoms. The maximum absolute atomic E-state index is 13.9. The zero-order valence-electron chi connectivity index (χ0n) is 37.7. The van der Waals surface area contributed by atoms with Crippen LogP contribution in [-0.2, 0) is 52.8 Å². The average Bonchev–Trinajstić information content (AvgIpc) is 4.14. The first-order valence-electron chi connectivity index (χ1n) is 22.3. The molecule has 16 heteroatoms. The Morgan fingerprint density at radius 2 is 1.54 bits per heavy atom. The number of nitrogens with zero attached hydrogens (tertiary/aromatic N) is 5. The largest absolute Gasteiger partial charge is 0.377 e. The van der Waals surface area contributed by atoms with Crippen molar-refractivity contribution in [1.29, 1.82) is 0 Å². The van der Waals surface area contributed by atoms with Gasteiger partial charge in [-0.15, -0.1) is 11.3 Å². The number of rotatable bonds is 22. The van der Waals surface area contributed by atoms with E-state index in [0.717, 1.165) is 61.6 Å². The molecule has 0 saturated carbocycles. The molecule has 2 aliphatic rings.